The zero-order valence-electron chi connectivity index (χ0n) is 14.6. The predicted octanol–water partition coefficient (Wildman–Crippen LogP) is 2.87. The molecule has 6 heteroatoms. The summed E-state index contributed by atoms with van der Waals surface area (Å²) < 4.78 is 0. The molecule has 1 aliphatic carbocycles. The van der Waals surface area contributed by atoms with Gasteiger partial charge in [0.1, 0.15) is 0 Å². The Morgan fingerprint density at radius 2 is 1.63 bits per heavy atom. The van der Waals surface area contributed by atoms with Crippen LogP contribution in [0.25, 0.3) is 0 Å². The first kappa shape index (κ1) is 17.0. The summed E-state index contributed by atoms with van der Waals surface area (Å²) in [7, 11) is 0. The number of benzene rings is 2. The van der Waals surface area contributed by atoms with E-state index >= 15 is 0 Å². The number of carbonyl (C=O) groups is 3. The molecular weight excluding hydrogens is 342 g/mol. The first-order chi connectivity index (χ1) is 13.0. The van der Waals surface area contributed by atoms with Gasteiger partial charge in [-0.15, -0.1) is 0 Å². The quantitative estimate of drug-likeness (QED) is 0.831. The maximum atomic E-state index is 12.3. The third-order valence-electron chi connectivity index (χ3n) is 5.13. The number of anilines is 1. The Balaban J connectivity index is 1.35. The molecular formula is C21H17N3O3. The molecule has 0 spiro atoms. The van der Waals surface area contributed by atoms with E-state index in [0.717, 1.165) is 23.3 Å². The minimum Gasteiger partial charge on any atom is -0.326 e. The van der Waals surface area contributed by atoms with Crippen LogP contribution in [-0.4, -0.2) is 29.2 Å². The van der Waals surface area contributed by atoms with Gasteiger partial charge in [0.15, 0.2) is 0 Å². The van der Waals surface area contributed by atoms with Crippen LogP contribution >= 0.6 is 0 Å². The van der Waals surface area contributed by atoms with Gasteiger partial charge in [-0.2, -0.15) is 5.26 Å². The van der Waals surface area contributed by atoms with Gasteiger partial charge in [0.2, 0.25) is 5.91 Å². The Bertz CT molecular complexity index is 949. The van der Waals surface area contributed by atoms with Crippen LogP contribution in [0, 0.1) is 11.3 Å². The molecule has 4 rings (SSSR count). The van der Waals surface area contributed by atoms with Crippen molar-refractivity contribution >= 4 is 23.4 Å². The van der Waals surface area contributed by atoms with Crippen LogP contribution in [0.2, 0.25) is 0 Å². The van der Waals surface area contributed by atoms with E-state index in [1.54, 1.807) is 36.4 Å². The molecule has 0 radical (unpaired) electrons. The van der Waals surface area contributed by atoms with E-state index < -0.39 is 0 Å². The average molecular weight is 359 g/mol. The van der Waals surface area contributed by atoms with Crippen LogP contribution in [-0.2, 0) is 10.2 Å². The number of amides is 3. The number of nitrogens with zero attached hydrogens (tertiary/aromatic N) is 2. The first-order valence-electron chi connectivity index (χ1n) is 8.81. The number of imide groups is 1. The molecule has 0 atom stereocenters. The second-order valence-corrected chi connectivity index (χ2v) is 6.88. The molecule has 0 saturated heterocycles. The van der Waals surface area contributed by atoms with Gasteiger partial charge in [0, 0.05) is 18.7 Å². The van der Waals surface area contributed by atoms with Crippen LogP contribution in [0.4, 0.5) is 5.69 Å². The first-order valence-corrected chi connectivity index (χ1v) is 8.81. The van der Waals surface area contributed by atoms with Crippen molar-refractivity contribution in [1.82, 2.24) is 4.90 Å². The maximum Gasteiger partial charge on any atom is 0.261 e. The summed E-state index contributed by atoms with van der Waals surface area (Å²) in [6, 6.07) is 16.2. The Labute approximate surface area is 156 Å². The summed E-state index contributed by atoms with van der Waals surface area (Å²) in [5.41, 5.74) is 2.00. The van der Waals surface area contributed by atoms with Crippen LogP contribution in [0.15, 0.2) is 48.5 Å². The highest BCUT2D eigenvalue weighted by molar-refractivity contribution is 6.21. The van der Waals surface area contributed by atoms with E-state index in [2.05, 4.69) is 11.4 Å². The molecule has 1 saturated carbocycles. The highest BCUT2D eigenvalue weighted by atomic mass is 16.2. The normalized spacial score (nSPS) is 16.6. The van der Waals surface area contributed by atoms with Gasteiger partial charge in [-0.25, -0.2) is 0 Å². The molecule has 0 unspecified atom stereocenters. The van der Waals surface area contributed by atoms with Gasteiger partial charge >= 0.3 is 0 Å². The van der Waals surface area contributed by atoms with Crippen molar-refractivity contribution in [2.75, 3.05) is 11.9 Å². The number of carbonyl (C=O) groups excluding carboxylic acids is 3. The Morgan fingerprint density at radius 3 is 2.15 bits per heavy atom. The Morgan fingerprint density at radius 1 is 1.04 bits per heavy atom. The van der Waals surface area contributed by atoms with E-state index in [4.69, 9.17) is 0 Å². The van der Waals surface area contributed by atoms with Crippen molar-refractivity contribution in [2.45, 2.75) is 24.7 Å². The van der Waals surface area contributed by atoms with Crippen molar-refractivity contribution in [1.29, 1.82) is 5.26 Å². The Kier molecular flexibility index (Phi) is 4.00. The lowest BCUT2D eigenvalue weighted by Crippen LogP contribution is -2.32. The largest absolute Gasteiger partial charge is 0.326 e. The molecule has 0 aromatic heterocycles. The average Bonchev–Trinajstić information content (AvgIpc) is 3.45. The predicted molar refractivity (Wildman–Crippen MR) is 98.0 cm³/mol. The van der Waals surface area contributed by atoms with E-state index in [-0.39, 0.29) is 36.1 Å². The number of fused-ring (bicyclic) bond motifs is 1. The summed E-state index contributed by atoms with van der Waals surface area (Å²) in [5, 5.41) is 12.0. The second-order valence-electron chi connectivity index (χ2n) is 6.88. The van der Waals surface area contributed by atoms with Crippen LogP contribution < -0.4 is 5.32 Å². The number of hydrogen-bond acceptors (Lipinski definition) is 4. The van der Waals surface area contributed by atoms with E-state index in [1.165, 1.54) is 0 Å². The lowest BCUT2D eigenvalue weighted by molar-refractivity contribution is -0.116. The summed E-state index contributed by atoms with van der Waals surface area (Å²) in [4.78, 5) is 37.9. The molecule has 1 heterocycles. The maximum absolute atomic E-state index is 12.3. The van der Waals surface area contributed by atoms with E-state index in [1.807, 2.05) is 12.1 Å². The lowest BCUT2D eigenvalue weighted by atomic mass is 9.98. The number of nitriles is 1. The van der Waals surface area contributed by atoms with Crippen molar-refractivity contribution in [3.63, 3.8) is 0 Å². The molecule has 1 fully saturated rings. The Hall–Kier alpha value is -3.46. The topological polar surface area (TPSA) is 90.3 Å². The van der Waals surface area contributed by atoms with Crippen LogP contribution in [0.5, 0.6) is 0 Å². The number of rotatable bonds is 5. The number of nitrogens with one attached hydrogen (secondary N) is 1. The van der Waals surface area contributed by atoms with Gasteiger partial charge in [-0.05, 0) is 42.7 Å². The molecule has 134 valence electrons. The molecule has 1 aliphatic heterocycles. The standard InChI is InChI=1S/C21H17N3O3/c22-13-21(10-11-21)14-5-7-15(8-6-14)23-18(25)9-12-24-19(26)16-3-1-2-4-17(16)20(24)27/h1-8H,9-12H2,(H,23,25). The molecule has 1 N–H and O–H groups in total. The summed E-state index contributed by atoms with van der Waals surface area (Å²) in [6.07, 6.45) is 1.76. The molecule has 27 heavy (non-hydrogen) atoms. The van der Waals surface area contributed by atoms with Crippen molar-refractivity contribution in [2.24, 2.45) is 0 Å². The molecule has 0 bridgehead atoms. The minimum atomic E-state index is -0.362. The van der Waals surface area contributed by atoms with Crippen molar-refractivity contribution in [3.05, 3.63) is 65.2 Å². The summed E-state index contributed by atoms with van der Waals surface area (Å²) >= 11 is 0. The van der Waals surface area contributed by atoms with Crippen LogP contribution in [0.3, 0.4) is 0 Å². The fourth-order valence-electron chi connectivity index (χ4n) is 3.34. The monoisotopic (exact) mass is 359 g/mol. The van der Waals surface area contributed by atoms with Crippen molar-refractivity contribution in [3.8, 4) is 6.07 Å². The van der Waals surface area contributed by atoms with Gasteiger partial charge in [-0.1, -0.05) is 24.3 Å². The summed E-state index contributed by atoms with van der Waals surface area (Å²) in [5.74, 6) is -1.00. The molecule has 2 aromatic rings. The lowest BCUT2D eigenvalue weighted by Gasteiger charge is -2.14. The van der Waals surface area contributed by atoms with Gasteiger partial charge < -0.3 is 5.32 Å². The van der Waals surface area contributed by atoms with Crippen molar-refractivity contribution < 1.29 is 14.4 Å². The zero-order chi connectivity index (χ0) is 19.0. The molecule has 6 nitrogen and oxygen atoms in total. The zero-order valence-corrected chi connectivity index (χ0v) is 14.6. The highest BCUT2D eigenvalue weighted by Crippen LogP contribution is 2.47. The molecule has 2 aromatic carbocycles. The van der Waals surface area contributed by atoms with Crippen LogP contribution in [0.1, 0.15) is 45.5 Å². The van der Waals surface area contributed by atoms with Gasteiger partial charge in [0.25, 0.3) is 11.8 Å². The number of hydrogen-bond donors (Lipinski definition) is 1. The van der Waals surface area contributed by atoms with E-state index in [9.17, 15) is 19.6 Å². The third kappa shape index (κ3) is 2.97. The highest BCUT2D eigenvalue weighted by Gasteiger charge is 2.44. The van der Waals surface area contributed by atoms with E-state index in [0.29, 0.717) is 16.8 Å². The SMILES string of the molecule is N#CC1(c2ccc(NC(=O)CCN3C(=O)c4ccccc4C3=O)cc2)CC1. The fourth-order valence-corrected chi connectivity index (χ4v) is 3.34. The fraction of sp³-hybridized carbons (Fsp3) is 0.238. The van der Waals surface area contributed by atoms with Gasteiger partial charge in [0.05, 0.1) is 22.6 Å². The minimum absolute atomic E-state index is 0.0232. The smallest absolute Gasteiger partial charge is 0.261 e. The molecule has 2 aliphatic rings. The summed E-state index contributed by atoms with van der Waals surface area (Å²) in [6.45, 7) is 0.0355. The molecule has 3 amide bonds. The third-order valence-corrected chi connectivity index (χ3v) is 5.13. The second kappa shape index (κ2) is 6.36. The van der Waals surface area contributed by atoms with Gasteiger partial charge in [-0.3, -0.25) is 19.3 Å².